The minimum atomic E-state index is -4.23. The molecule has 0 bridgehead atoms. The molecule has 212 valence electrons. The molecule has 3 aromatic heterocycles. The number of pyridine rings is 1. The number of hydrogen-bond acceptors (Lipinski definition) is 9. The second kappa shape index (κ2) is 12.2. The number of ether oxygens (including phenoxy) is 2. The van der Waals surface area contributed by atoms with Crippen LogP contribution in [0.2, 0.25) is 5.02 Å². The average Bonchev–Trinajstić information content (AvgIpc) is 3.32. The fourth-order valence-corrected chi connectivity index (χ4v) is 5.41. The molecule has 0 aliphatic rings. The minimum Gasteiger partial charge on any atom is -0.481 e. The summed E-state index contributed by atoms with van der Waals surface area (Å²) in [6.45, 7) is 3.19. The van der Waals surface area contributed by atoms with Crippen LogP contribution in [0.5, 0.6) is 5.88 Å². The number of rotatable bonds is 11. The first kappa shape index (κ1) is 29.2. The van der Waals surface area contributed by atoms with Gasteiger partial charge in [-0.25, -0.2) is 32.2 Å². The molecule has 1 aromatic carbocycles. The molecule has 0 aliphatic carbocycles. The van der Waals surface area contributed by atoms with Crippen LogP contribution < -0.4 is 9.46 Å². The molecular weight excluding hydrogens is 568 g/mol. The van der Waals surface area contributed by atoms with Crippen LogP contribution in [-0.2, 0) is 14.8 Å². The monoisotopic (exact) mass is 593 g/mol. The van der Waals surface area contributed by atoms with E-state index in [9.17, 15) is 17.2 Å². The van der Waals surface area contributed by atoms with Gasteiger partial charge in [-0.05, 0) is 37.1 Å². The smallest absolute Gasteiger partial charge is 0.240 e. The number of halogens is 3. The Labute approximate surface area is 234 Å². The first-order chi connectivity index (χ1) is 19.1. The number of nitrogens with one attached hydrogen (secondary N) is 1. The van der Waals surface area contributed by atoms with Gasteiger partial charge >= 0.3 is 0 Å². The largest absolute Gasteiger partial charge is 0.481 e. The Morgan fingerprint density at radius 2 is 1.75 bits per heavy atom. The fraction of sp³-hybridized carbons (Fsp3) is 0.320. The van der Waals surface area contributed by atoms with Crippen LogP contribution in [0, 0.1) is 11.6 Å². The first-order valence-corrected chi connectivity index (χ1v) is 13.9. The third-order valence-electron chi connectivity index (χ3n) is 6.12. The minimum absolute atomic E-state index is 0.106. The highest BCUT2D eigenvalue weighted by atomic mass is 35.5. The van der Waals surface area contributed by atoms with Gasteiger partial charge in [-0.15, -0.1) is 10.2 Å². The van der Waals surface area contributed by atoms with E-state index in [4.69, 9.17) is 21.1 Å². The fourth-order valence-electron chi connectivity index (χ4n) is 4.18. The van der Waals surface area contributed by atoms with Gasteiger partial charge in [-0.1, -0.05) is 24.6 Å². The molecule has 0 radical (unpaired) electrons. The predicted molar refractivity (Wildman–Crippen MR) is 143 cm³/mol. The van der Waals surface area contributed by atoms with Gasteiger partial charge in [0.1, 0.15) is 28.7 Å². The molecule has 0 amide bonds. The summed E-state index contributed by atoms with van der Waals surface area (Å²) >= 11 is 5.86. The molecular formula is C25H26ClF2N7O4S. The standard InChI is InChI=1S/C25H26ClF2N7O4S/c1-5-20(15-9-17(27)11-18(28)10-15)35-24(19-7-6-8-21(31-19)38-3)32-33-25(35)34-40(36,37)14(2)22(39-4)23-29-12-16(26)13-30-23/h6-14,20,22H,5H2,1-4H3,(H,33,34)/t14-,20+,22-/m0/s1. The van der Waals surface area contributed by atoms with Crippen molar-refractivity contribution in [1.29, 1.82) is 0 Å². The lowest BCUT2D eigenvalue weighted by Crippen LogP contribution is -2.34. The van der Waals surface area contributed by atoms with Crippen LogP contribution in [0.25, 0.3) is 11.5 Å². The van der Waals surface area contributed by atoms with E-state index in [1.165, 1.54) is 50.2 Å². The van der Waals surface area contributed by atoms with Gasteiger partial charge in [0.15, 0.2) is 11.6 Å². The van der Waals surface area contributed by atoms with Gasteiger partial charge in [0.05, 0.1) is 18.2 Å². The van der Waals surface area contributed by atoms with Gasteiger partial charge in [0.2, 0.25) is 21.9 Å². The molecule has 3 heterocycles. The number of sulfonamides is 1. The van der Waals surface area contributed by atoms with Gasteiger partial charge < -0.3 is 9.47 Å². The summed E-state index contributed by atoms with van der Waals surface area (Å²) < 4.78 is 70.2. The maximum Gasteiger partial charge on any atom is 0.240 e. The third kappa shape index (κ3) is 6.18. The van der Waals surface area contributed by atoms with Crippen LogP contribution in [0.3, 0.4) is 0 Å². The molecule has 4 aromatic rings. The number of methoxy groups -OCH3 is 2. The van der Waals surface area contributed by atoms with E-state index >= 15 is 0 Å². The summed E-state index contributed by atoms with van der Waals surface area (Å²) in [6, 6.07) is 7.22. The van der Waals surface area contributed by atoms with Crippen molar-refractivity contribution < 1.29 is 26.7 Å². The molecule has 11 nitrogen and oxygen atoms in total. The molecule has 1 N–H and O–H groups in total. The molecule has 4 rings (SSSR count). The summed E-state index contributed by atoms with van der Waals surface area (Å²) in [5.74, 6) is -1.25. The Kier molecular flexibility index (Phi) is 8.91. The third-order valence-corrected chi connectivity index (χ3v) is 8.01. The topological polar surface area (TPSA) is 134 Å². The Bertz CT molecular complexity index is 1570. The SMILES string of the molecule is CC[C@H](c1cc(F)cc(F)c1)n1c(NS(=O)(=O)[C@@H](C)[C@H](OC)c2ncc(Cl)cn2)nnc1-c1cccc(OC)n1. The predicted octanol–water partition coefficient (Wildman–Crippen LogP) is 4.59. The zero-order valence-electron chi connectivity index (χ0n) is 21.9. The lowest BCUT2D eigenvalue weighted by molar-refractivity contribution is 0.0950. The molecule has 0 spiro atoms. The number of aromatic nitrogens is 6. The Morgan fingerprint density at radius 3 is 2.35 bits per heavy atom. The van der Waals surface area contributed by atoms with Crippen LogP contribution >= 0.6 is 11.6 Å². The Balaban J connectivity index is 1.81. The van der Waals surface area contributed by atoms with E-state index in [1.54, 1.807) is 25.1 Å². The molecule has 0 fully saturated rings. The highest BCUT2D eigenvalue weighted by molar-refractivity contribution is 7.93. The highest BCUT2D eigenvalue weighted by Crippen LogP contribution is 2.33. The van der Waals surface area contributed by atoms with E-state index < -0.39 is 39.1 Å². The van der Waals surface area contributed by atoms with Crippen LogP contribution in [0.4, 0.5) is 14.7 Å². The van der Waals surface area contributed by atoms with Gasteiger partial charge in [-0.3, -0.25) is 9.29 Å². The molecule has 15 heteroatoms. The zero-order chi connectivity index (χ0) is 29.0. The van der Waals surface area contributed by atoms with E-state index in [0.29, 0.717) is 12.1 Å². The molecule has 0 aliphatic heterocycles. The van der Waals surface area contributed by atoms with E-state index in [-0.39, 0.29) is 34.1 Å². The Hall–Kier alpha value is -3.75. The first-order valence-electron chi connectivity index (χ1n) is 12.0. The van der Waals surface area contributed by atoms with Crippen molar-refractivity contribution in [3.63, 3.8) is 0 Å². The maximum absolute atomic E-state index is 14.2. The van der Waals surface area contributed by atoms with Crippen molar-refractivity contribution in [2.75, 3.05) is 18.9 Å². The quantitative estimate of drug-likeness (QED) is 0.265. The molecule has 0 unspecified atom stereocenters. The summed E-state index contributed by atoms with van der Waals surface area (Å²) in [4.78, 5) is 12.5. The molecule has 3 atom stereocenters. The summed E-state index contributed by atoms with van der Waals surface area (Å²) in [7, 11) is -1.46. The van der Waals surface area contributed by atoms with Crippen molar-refractivity contribution in [3.8, 4) is 17.4 Å². The van der Waals surface area contributed by atoms with Crippen molar-refractivity contribution >= 4 is 27.6 Å². The molecule has 0 saturated heterocycles. The lowest BCUT2D eigenvalue weighted by atomic mass is 10.0. The van der Waals surface area contributed by atoms with E-state index in [0.717, 1.165) is 6.07 Å². The summed E-state index contributed by atoms with van der Waals surface area (Å²) in [5, 5.41) is 7.34. The van der Waals surface area contributed by atoms with E-state index in [1.807, 2.05) is 0 Å². The van der Waals surface area contributed by atoms with Gasteiger partial charge in [0.25, 0.3) is 0 Å². The Morgan fingerprint density at radius 1 is 1.07 bits per heavy atom. The zero-order valence-corrected chi connectivity index (χ0v) is 23.5. The summed E-state index contributed by atoms with van der Waals surface area (Å²) in [6.07, 6.45) is 1.89. The summed E-state index contributed by atoms with van der Waals surface area (Å²) in [5.41, 5.74) is 0.534. The van der Waals surface area contributed by atoms with Gasteiger partial charge in [-0.2, -0.15) is 0 Å². The number of anilines is 1. The lowest BCUT2D eigenvalue weighted by Gasteiger charge is -2.24. The number of benzene rings is 1. The van der Waals surface area contributed by atoms with E-state index in [2.05, 4.69) is 29.9 Å². The average molecular weight is 594 g/mol. The number of hydrogen-bond donors (Lipinski definition) is 1. The maximum atomic E-state index is 14.2. The van der Waals surface area contributed by atoms with Crippen molar-refractivity contribution in [2.24, 2.45) is 0 Å². The molecule has 0 saturated carbocycles. The van der Waals surface area contributed by atoms with Crippen LogP contribution in [-0.4, -0.2) is 57.6 Å². The normalized spacial score (nSPS) is 14.0. The van der Waals surface area contributed by atoms with Crippen LogP contribution in [0.15, 0.2) is 48.8 Å². The van der Waals surface area contributed by atoms with Crippen molar-refractivity contribution in [2.45, 2.75) is 37.7 Å². The second-order valence-corrected chi connectivity index (χ2v) is 11.2. The highest BCUT2D eigenvalue weighted by Gasteiger charge is 2.35. The second-order valence-electron chi connectivity index (χ2n) is 8.68. The van der Waals surface area contributed by atoms with Crippen LogP contribution in [0.1, 0.15) is 43.8 Å². The molecule has 40 heavy (non-hydrogen) atoms. The van der Waals surface area contributed by atoms with Crippen molar-refractivity contribution in [3.05, 3.63) is 76.8 Å². The van der Waals surface area contributed by atoms with Gasteiger partial charge in [0, 0.05) is 31.6 Å². The van der Waals surface area contributed by atoms with Crippen molar-refractivity contribution in [1.82, 2.24) is 29.7 Å². The number of nitrogens with zero attached hydrogens (tertiary/aromatic N) is 6.